The van der Waals surface area contributed by atoms with Gasteiger partial charge >= 0.3 is 0 Å². The van der Waals surface area contributed by atoms with E-state index < -0.39 is 0 Å². The van der Waals surface area contributed by atoms with Crippen molar-refractivity contribution < 1.29 is 0 Å². The van der Waals surface area contributed by atoms with Crippen molar-refractivity contribution in [1.29, 1.82) is 0 Å². The topological polar surface area (TPSA) is 51.6 Å². The lowest BCUT2D eigenvalue weighted by Gasteiger charge is -2.22. The van der Waals surface area contributed by atoms with Gasteiger partial charge in [0.2, 0.25) is 0 Å². The molecule has 2 unspecified atom stereocenters. The quantitative estimate of drug-likeness (QED) is 0.532. The van der Waals surface area contributed by atoms with Crippen LogP contribution in [0, 0.1) is 0 Å². The molecule has 0 fully saturated rings. The first-order chi connectivity index (χ1) is 13.4. The molecule has 3 heterocycles. The highest BCUT2D eigenvalue weighted by Gasteiger charge is 2.45. The average molecular weight is 348 g/mol. The second kappa shape index (κ2) is 5.55. The first-order valence-corrected chi connectivity index (χ1v) is 9.24. The second-order valence-electron chi connectivity index (χ2n) is 7.12. The molecule has 2 atom stereocenters. The molecule has 1 aromatic carbocycles. The van der Waals surface area contributed by atoms with Crippen molar-refractivity contribution in [3.8, 4) is 22.8 Å². The highest BCUT2D eigenvalue weighted by Crippen LogP contribution is 2.59. The maximum atomic E-state index is 4.64. The predicted molar refractivity (Wildman–Crippen MR) is 103 cm³/mol. The molecule has 2 bridgehead atoms. The molecule has 4 nitrogen and oxygen atoms in total. The van der Waals surface area contributed by atoms with Gasteiger partial charge in [-0.3, -0.25) is 9.97 Å². The summed E-state index contributed by atoms with van der Waals surface area (Å²) < 4.78 is 0. The van der Waals surface area contributed by atoms with Crippen LogP contribution in [0.5, 0.6) is 0 Å². The number of pyridine rings is 2. The summed E-state index contributed by atoms with van der Waals surface area (Å²) in [5.41, 5.74) is 9.01. The van der Waals surface area contributed by atoms with E-state index in [0.29, 0.717) is 11.8 Å². The third-order valence-electron chi connectivity index (χ3n) is 5.78. The Hall–Kier alpha value is -3.40. The minimum absolute atomic E-state index is 0.358. The molecule has 0 spiro atoms. The molecule has 6 rings (SSSR count). The first-order valence-electron chi connectivity index (χ1n) is 9.24. The number of rotatable bonds is 2. The van der Waals surface area contributed by atoms with Gasteiger partial charge in [-0.15, -0.1) is 10.2 Å². The molecule has 0 saturated carbocycles. The lowest BCUT2D eigenvalue weighted by molar-refractivity contribution is 0.796. The molecule has 3 aromatic heterocycles. The Kier molecular flexibility index (Phi) is 3.03. The van der Waals surface area contributed by atoms with Gasteiger partial charge in [-0.1, -0.05) is 36.4 Å². The van der Waals surface area contributed by atoms with E-state index in [1.165, 1.54) is 22.3 Å². The standard InChI is InChI=1S/C23H16N4/c1-2-8-15-14(7-1)16-13-17(15)21-20(16)22(18-9-3-5-11-24-18)26-27-23(21)19-10-4-6-12-25-19/h1-12,16-17H,13H2. The fourth-order valence-corrected chi connectivity index (χ4v) is 4.73. The van der Waals surface area contributed by atoms with E-state index in [-0.39, 0.29) is 0 Å². The predicted octanol–water partition coefficient (Wildman–Crippen LogP) is 4.58. The summed E-state index contributed by atoms with van der Waals surface area (Å²) >= 11 is 0. The summed E-state index contributed by atoms with van der Waals surface area (Å²) in [5, 5.41) is 9.27. The third kappa shape index (κ3) is 2.04. The van der Waals surface area contributed by atoms with Crippen molar-refractivity contribution in [1.82, 2.24) is 20.2 Å². The van der Waals surface area contributed by atoms with Gasteiger partial charge in [0.05, 0.1) is 11.4 Å². The molecule has 4 heteroatoms. The molecule has 0 N–H and O–H groups in total. The highest BCUT2D eigenvalue weighted by atomic mass is 15.1. The fourth-order valence-electron chi connectivity index (χ4n) is 4.73. The van der Waals surface area contributed by atoms with Crippen molar-refractivity contribution in [2.75, 3.05) is 0 Å². The van der Waals surface area contributed by atoms with E-state index in [1.54, 1.807) is 0 Å². The zero-order valence-electron chi connectivity index (χ0n) is 14.6. The van der Waals surface area contributed by atoms with Gasteiger partial charge in [0.15, 0.2) is 0 Å². The number of fused-ring (bicyclic) bond motifs is 8. The minimum Gasteiger partial charge on any atom is -0.255 e. The maximum Gasteiger partial charge on any atom is 0.115 e. The molecule has 128 valence electrons. The first kappa shape index (κ1) is 14.7. The summed E-state index contributed by atoms with van der Waals surface area (Å²) in [7, 11) is 0. The summed E-state index contributed by atoms with van der Waals surface area (Å²) in [6, 6.07) is 20.7. The van der Waals surface area contributed by atoms with Gasteiger partial charge < -0.3 is 0 Å². The molecular weight excluding hydrogens is 332 g/mol. The Balaban J connectivity index is 1.65. The van der Waals surface area contributed by atoms with E-state index in [9.17, 15) is 0 Å². The van der Waals surface area contributed by atoms with Crippen LogP contribution in [-0.2, 0) is 0 Å². The van der Waals surface area contributed by atoms with Crippen LogP contribution in [0.1, 0.15) is 40.5 Å². The van der Waals surface area contributed by atoms with Gasteiger partial charge in [0.25, 0.3) is 0 Å². The van der Waals surface area contributed by atoms with Gasteiger partial charge in [-0.2, -0.15) is 0 Å². The van der Waals surface area contributed by atoms with Crippen LogP contribution in [0.25, 0.3) is 22.8 Å². The van der Waals surface area contributed by atoms with Crippen molar-refractivity contribution in [2.45, 2.75) is 18.3 Å². The number of benzene rings is 1. The average Bonchev–Trinajstić information content (AvgIpc) is 3.33. The Bertz CT molecular complexity index is 1060. The number of hydrogen-bond acceptors (Lipinski definition) is 4. The van der Waals surface area contributed by atoms with E-state index in [2.05, 4.69) is 44.4 Å². The molecule has 0 radical (unpaired) electrons. The smallest absolute Gasteiger partial charge is 0.115 e. The summed E-state index contributed by atoms with van der Waals surface area (Å²) in [6.45, 7) is 0. The van der Waals surface area contributed by atoms with Crippen LogP contribution in [0.3, 0.4) is 0 Å². The monoisotopic (exact) mass is 348 g/mol. The zero-order valence-corrected chi connectivity index (χ0v) is 14.6. The second-order valence-corrected chi connectivity index (χ2v) is 7.12. The normalized spacial score (nSPS) is 19.0. The molecule has 4 aromatic rings. The molecule has 27 heavy (non-hydrogen) atoms. The van der Waals surface area contributed by atoms with E-state index in [1.807, 2.05) is 48.8 Å². The van der Waals surface area contributed by atoms with Crippen LogP contribution in [0.2, 0.25) is 0 Å². The number of aromatic nitrogens is 4. The lowest BCUT2D eigenvalue weighted by Crippen LogP contribution is -2.10. The van der Waals surface area contributed by atoms with Crippen LogP contribution in [0.4, 0.5) is 0 Å². The van der Waals surface area contributed by atoms with E-state index in [4.69, 9.17) is 0 Å². The summed E-state index contributed by atoms with van der Waals surface area (Å²) in [5.74, 6) is 0.715. The van der Waals surface area contributed by atoms with Crippen molar-refractivity contribution in [2.24, 2.45) is 0 Å². The number of nitrogens with zero attached hydrogens (tertiary/aromatic N) is 4. The molecular formula is C23H16N4. The van der Waals surface area contributed by atoms with Gasteiger partial charge in [0, 0.05) is 24.2 Å². The van der Waals surface area contributed by atoms with Crippen LogP contribution in [0.15, 0.2) is 73.1 Å². The van der Waals surface area contributed by atoms with Crippen molar-refractivity contribution in [3.63, 3.8) is 0 Å². The van der Waals surface area contributed by atoms with E-state index in [0.717, 1.165) is 29.2 Å². The largest absolute Gasteiger partial charge is 0.255 e. The third-order valence-corrected chi connectivity index (χ3v) is 5.78. The highest BCUT2D eigenvalue weighted by molar-refractivity contribution is 5.76. The van der Waals surface area contributed by atoms with Gasteiger partial charge in [0.1, 0.15) is 11.4 Å². The van der Waals surface area contributed by atoms with Crippen molar-refractivity contribution in [3.05, 3.63) is 95.3 Å². The van der Waals surface area contributed by atoms with Crippen LogP contribution >= 0.6 is 0 Å². The SMILES string of the molecule is c1ccc(-c2nnc(-c3ccccn3)c3c2C2CC3c3ccccc32)nc1. The van der Waals surface area contributed by atoms with Crippen molar-refractivity contribution >= 4 is 0 Å². The molecule has 0 aliphatic heterocycles. The molecule has 0 saturated heterocycles. The van der Waals surface area contributed by atoms with Crippen LogP contribution < -0.4 is 0 Å². The molecule has 0 amide bonds. The molecule has 2 aliphatic carbocycles. The maximum absolute atomic E-state index is 4.64. The Morgan fingerprint density at radius 1 is 0.593 bits per heavy atom. The zero-order chi connectivity index (χ0) is 17.8. The summed E-state index contributed by atoms with van der Waals surface area (Å²) in [4.78, 5) is 9.10. The lowest BCUT2D eigenvalue weighted by atomic mass is 9.83. The number of hydrogen-bond donors (Lipinski definition) is 0. The minimum atomic E-state index is 0.358. The van der Waals surface area contributed by atoms with Gasteiger partial charge in [-0.25, -0.2) is 0 Å². The molecule has 2 aliphatic rings. The van der Waals surface area contributed by atoms with Crippen LogP contribution in [-0.4, -0.2) is 20.2 Å². The Morgan fingerprint density at radius 3 is 1.52 bits per heavy atom. The Labute approximate surface area is 157 Å². The summed E-state index contributed by atoms with van der Waals surface area (Å²) in [6.07, 6.45) is 4.72. The van der Waals surface area contributed by atoms with E-state index >= 15 is 0 Å². The fraction of sp³-hybridized carbons (Fsp3) is 0.130. The Morgan fingerprint density at radius 2 is 1.07 bits per heavy atom. The van der Waals surface area contributed by atoms with Gasteiger partial charge in [-0.05, 0) is 52.9 Å².